The van der Waals surface area contributed by atoms with Gasteiger partial charge < -0.3 is 5.73 Å². The molecule has 2 rings (SSSR count). The number of hydrogen-bond acceptors (Lipinski definition) is 5. The zero-order chi connectivity index (χ0) is 11.8. The van der Waals surface area contributed by atoms with Crippen LogP contribution in [0.15, 0.2) is 56.5 Å². The van der Waals surface area contributed by atoms with Gasteiger partial charge in [-0.2, -0.15) is 10.2 Å². The Labute approximate surface area is 92.8 Å². The summed E-state index contributed by atoms with van der Waals surface area (Å²) >= 11 is 0. The lowest BCUT2D eigenvalue weighted by Gasteiger charge is -2.15. The van der Waals surface area contributed by atoms with Crippen LogP contribution in [0.3, 0.4) is 0 Å². The molecule has 0 bridgehead atoms. The Kier molecular flexibility index (Phi) is 2.49. The van der Waals surface area contributed by atoms with Gasteiger partial charge in [-0.15, -0.1) is 0 Å². The van der Waals surface area contributed by atoms with Crippen LogP contribution in [0.4, 0.5) is 0 Å². The Balaban J connectivity index is 2.59. The van der Waals surface area contributed by atoms with E-state index in [-0.39, 0.29) is 4.91 Å². The molecule has 0 aromatic rings. The Morgan fingerprint density at radius 1 is 1.31 bits per heavy atom. The van der Waals surface area contributed by atoms with Gasteiger partial charge in [0.05, 0.1) is 16.8 Å². The quantitative estimate of drug-likeness (QED) is 0.699. The van der Waals surface area contributed by atoms with Gasteiger partial charge >= 0.3 is 0 Å². The fourth-order valence-corrected chi connectivity index (χ4v) is 2.29. The van der Waals surface area contributed by atoms with Gasteiger partial charge in [0.1, 0.15) is 0 Å². The molecule has 0 aromatic carbocycles. The molecule has 0 atom stereocenters. The smallest absolute Gasteiger partial charge is 0.238 e. The van der Waals surface area contributed by atoms with Crippen LogP contribution in [0.5, 0.6) is 0 Å². The van der Waals surface area contributed by atoms with Crippen molar-refractivity contribution in [3.05, 3.63) is 46.3 Å². The lowest BCUT2D eigenvalue weighted by Crippen LogP contribution is -2.19. The Morgan fingerprint density at radius 3 is 2.62 bits per heavy atom. The summed E-state index contributed by atoms with van der Waals surface area (Å²) in [5.41, 5.74) is 7.18. The highest BCUT2D eigenvalue weighted by molar-refractivity contribution is 7.93. The Hall–Kier alpha value is -1.73. The minimum atomic E-state index is -3.77. The predicted octanol–water partition coefficient (Wildman–Crippen LogP) is 0.639. The van der Waals surface area contributed by atoms with Gasteiger partial charge in [-0.25, -0.2) is 13.6 Å². The molecule has 0 aromatic heterocycles. The van der Waals surface area contributed by atoms with Gasteiger partial charge in [-0.3, -0.25) is 0 Å². The van der Waals surface area contributed by atoms with Crippen molar-refractivity contribution in [2.75, 3.05) is 0 Å². The summed E-state index contributed by atoms with van der Waals surface area (Å²) in [6, 6.07) is 0. The molecule has 1 aliphatic carbocycles. The van der Waals surface area contributed by atoms with Gasteiger partial charge in [0.25, 0.3) is 0 Å². The molecule has 4 N–H and O–H groups in total. The number of nitrogens with two attached hydrogens (primary N) is 2. The number of azo groups is 1. The molecular formula is C9H10N4O2S. The maximum atomic E-state index is 11.4. The van der Waals surface area contributed by atoms with E-state index < -0.39 is 10.0 Å². The molecule has 6 nitrogen and oxygen atoms in total. The third-order valence-corrected chi connectivity index (χ3v) is 3.20. The van der Waals surface area contributed by atoms with Gasteiger partial charge in [0, 0.05) is 17.7 Å². The highest BCUT2D eigenvalue weighted by Crippen LogP contribution is 2.30. The van der Waals surface area contributed by atoms with E-state index in [1.807, 2.05) is 0 Å². The molecule has 0 unspecified atom stereocenters. The van der Waals surface area contributed by atoms with Crippen molar-refractivity contribution in [2.24, 2.45) is 21.1 Å². The van der Waals surface area contributed by atoms with Crippen LogP contribution in [0, 0.1) is 0 Å². The minimum absolute atomic E-state index is 0.0437. The number of hydrogen-bond donors (Lipinski definition) is 2. The van der Waals surface area contributed by atoms with Crippen molar-refractivity contribution in [3.63, 3.8) is 0 Å². The molecular weight excluding hydrogens is 228 g/mol. The number of nitrogens with zero attached hydrogens (tertiary/aromatic N) is 2. The largest absolute Gasteiger partial charge is 0.402 e. The summed E-state index contributed by atoms with van der Waals surface area (Å²) in [4.78, 5) is 0.0437. The second-order valence-corrected chi connectivity index (χ2v) is 4.92. The first-order valence-electron chi connectivity index (χ1n) is 4.48. The monoisotopic (exact) mass is 238 g/mol. The summed E-state index contributed by atoms with van der Waals surface area (Å²) in [5, 5.41) is 12.6. The van der Waals surface area contributed by atoms with Crippen LogP contribution in [0.1, 0.15) is 6.42 Å². The van der Waals surface area contributed by atoms with E-state index in [4.69, 9.17) is 10.9 Å². The van der Waals surface area contributed by atoms with Crippen LogP contribution >= 0.6 is 0 Å². The van der Waals surface area contributed by atoms with E-state index >= 15 is 0 Å². The van der Waals surface area contributed by atoms with E-state index in [0.717, 1.165) is 0 Å². The lowest BCUT2D eigenvalue weighted by atomic mass is 10.0. The molecule has 0 radical (unpaired) electrons. The zero-order valence-electron chi connectivity index (χ0n) is 8.29. The summed E-state index contributed by atoms with van der Waals surface area (Å²) in [7, 11) is -3.77. The molecule has 0 spiro atoms. The van der Waals surface area contributed by atoms with Crippen LogP contribution < -0.4 is 10.9 Å². The Bertz CT molecular complexity index is 565. The summed E-state index contributed by atoms with van der Waals surface area (Å²) < 4.78 is 22.7. The zero-order valence-corrected chi connectivity index (χ0v) is 9.11. The molecule has 0 fully saturated rings. The maximum Gasteiger partial charge on any atom is 0.238 e. The molecule has 84 valence electrons. The molecule has 0 amide bonds. The van der Waals surface area contributed by atoms with Gasteiger partial charge in [0.2, 0.25) is 10.0 Å². The summed E-state index contributed by atoms with van der Waals surface area (Å²) in [6.45, 7) is 0. The summed E-state index contributed by atoms with van der Waals surface area (Å²) in [5.74, 6) is 0. The Morgan fingerprint density at radius 2 is 2.06 bits per heavy atom. The second-order valence-electron chi connectivity index (χ2n) is 3.39. The average molecular weight is 238 g/mol. The van der Waals surface area contributed by atoms with Crippen molar-refractivity contribution < 1.29 is 8.42 Å². The predicted molar refractivity (Wildman–Crippen MR) is 59.1 cm³/mol. The van der Waals surface area contributed by atoms with Crippen molar-refractivity contribution in [1.82, 2.24) is 0 Å². The molecule has 16 heavy (non-hydrogen) atoms. The molecule has 0 saturated heterocycles. The highest BCUT2D eigenvalue weighted by Gasteiger charge is 2.23. The number of primary sulfonamides is 1. The van der Waals surface area contributed by atoms with Crippen molar-refractivity contribution in [2.45, 2.75) is 6.42 Å². The van der Waals surface area contributed by atoms with Crippen LogP contribution in [-0.4, -0.2) is 8.42 Å². The first-order chi connectivity index (χ1) is 7.48. The van der Waals surface area contributed by atoms with Crippen molar-refractivity contribution in [3.8, 4) is 0 Å². The number of rotatable bonds is 1. The maximum absolute atomic E-state index is 11.4. The molecule has 0 saturated carbocycles. The molecule has 1 heterocycles. The highest BCUT2D eigenvalue weighted by atomic mass is 32.2. The first kappa shape index (κ1) is 10.8. The van der Waals surface area contributed by atoms with Crippen LogP contribution in [0.2, 0.25) is 0 Å². The fraction of sp³-hybridized carbons (Fsp3) is 0.111. The molecule has 2 aliphatic rings. The second kappa shape index (κ2) is 3.69. The van der Waals surface area contributed by atoms with Gasteiger partial charge in [0.15, 0.2) is 0 Å². The van der Waals surface area contributed by atoms with Crippen LogP contribution in [-0.2, 0) is 10.0 Å². The van der Waals surface area contributed by atoms with Crippen molar-refractivity contribution in [1.29, 1.82) is 0 Å². The third kappa shape index (κ3) is 1.95. The van der Waals surface area contributed by atoms with E-state index in [1.165, 1.54) is 18.4 Å². The third-order valence-electron chi connectivity index (χ3n) is 2.21. The van der Waals surface area contributed by atoms with E-state index in [2.05, 4.69) is 10.2 Å². The summed E-state index contributed by atoms with van der Waals surface area (Å²) in [6.07, 6.45) is 6.32. The lowest BCUT2D eigenvalue weighted by molar-refractivity contribution is 0.603. The normalized spacial score (nSPS) is 24.6. The number of allylic oxidation sites excluding steroid dienone is 5. The fourth-order valence-electron chi connectivity index (χ4n) is 1.51. The van der Waals surface area contributed by atoms with Gasteiger partial charge in [-0.05, 0) is 18.2 Å². The average Bonchev–Trinajstić information content (AvgIpc) is 2.68. The van der Waals surface area contributed by atoms with E-state index in [9.17, 15) is 8.42 Å². The number of sulfonamides is 1. The van der Waals surface area contributed by atoms with E-state index in [1.54, 1.807) is 6.08 Å². The molecule has 1 aliphatic heterocycles. The van der Waals surface area contributed by atoms with Crippen molar-refractivity contribution >= 4 is 10.0 Å². The minimum Gasteiger partial charge on any atom is -0.402 e. The van der Waals surface area contributed by atoms with E-state index in [0.29, 0.717) is 23.4 Å². The standard InChI is InChI=1S/C9H10N4O2S/c10-6-1-2-9(16(11,14)15)7(5-6)8-3-4-12-13-8/h1-4H,5,10H2,(H2,11,14,15). The SMILES string of the molecule is NC1=CC=C(S(N)(=O)=O)C(=C2C=CN=N2)C1. The molecule has 7 heteroatoms. The topological polar surface area (TPSA) is 111 Å². The first-order valence-corrected chi connectivity index (χ1v) is 6.03. The van der Waals surface area contributed by atoms with Crippen LogP contribution in [0.25, 0.3) is 0 Å². The van der Waals surface area contributed by atoms with Gasteiger partial charge in [-0.1, -0.05) is 0 Å².